The van der Waals surface area contributed by atoms with Crippen molar-refractivity contribution in [3.8, 4) is 0 Å². The Hall–Kier alpha value is 0.141. The summed E-state index contributed by atoms with van der Waals surface area (Å²) in [4.78, 5) is 10.7. The maximum Gasteiger partial charge on any atom is 1.00 e. The summed E-state index contributed by atoms with van der Waals surface area (Å²) >= 11 is 0. The number of benzene rings is 1. The summed E-state index contributed by atoms with van der Waals surface area (Å²) in [6.45, 7) is -5.05. The van der Waals surface area contributed by atoms with Gasteiger partial charge in [-0.2, -0.15) is 0 Å². The van der Waals surface area contributed by atoms with E-state index in [0.717, 1.165) is 24.3 Å². The molecule has 1 rings (SSSR count). The van der Waals surface area contributed by atoms with Crippen molar-refractivity contribution in [1.82, 2.24) is 0 Å². The van der Waals surface area contributed by atoms with Gasteiger partial charge in [-0.3, -0.25) is 0 Å². The van der Waals surface area contributed by atoms with Gasteiger partial charge >= 0.3 is 64.3 Å². The van der Waals surface area contributed by atoms with E-state index in [1.807, 2.05) is 0 Å². The molecule has 8 heteroatoms. The third kappa shape index (κ3) is 4.72. The Kier molecular flexibility index (Phi) is 6.97. The smallest absolute Gasteiger partial charge is 0.479 e. The number of carboxylic acids is 1. The Morgan fingerprint density at radius 1 is 1.29 bits per heavy atom. The van der Waals surface area contributed by atoms with Crippen molar-refractivity contribution in [2.45, 2.75) is 6.10 Å². The van der Waals surface area contributed by atoms with Crippen LogP contribution < -0.4 is 56.8 Å². The Morgan fingerprint density at radius 3 is 2.06 bits per heavy atom. The van der Waals surface area contributed by atoms with Gasteiger partial charge in [-0.25, -0.2) is 4.79 Å². The number of carbonyl (C=O) groups is 1. The van der Waals surface area contributed by atoms with Gasteiger partial charge in [-0.05, 0) is 5.56 Å². The maximum atomic E-state index is 12.3. The number of rotatable bonds is 4. The van der Waals surface area contributed by atoms with Crippen LogP contribution in [0.25, 0.3) is 0 Å². The van der Waals surface area contributed by atoms with Crippen molar-refractivity contribution in [3.63, 3.8) is 0 Å². The monoisotopic (exact) mass is 272 g/mol. The van der Waals surface area contributed by atoms with E-state index in [0.29, 0.717) is 0 Å². The molecule has 1 N–H and O–H groups in total. The van der Waals surface area contributed by atoms with Crippen molar-refractivity contribution in [1.29, 1.82) is 0 Å². The van der Waals surface area contributed by atoms with E-state index in [1.54, 1.807) is 0 Å². The fourth-order valence-corrected chi connectivity index (χ4v) is 1.27. The van der Waals surface area contributed by atoms with E-state index in [-0.39, 0.29) is 56.9 Å². The minimum Gasteiger partial charge on any atom is -0.479 e. The minimum atomic E-state index is -5.05. The van der Waals surface area contributed by atoms with Crippen LogP contribution in [-0.2, 0) is 9.53 Å². The summed E-state index contributed by atoms with van der Waals surface area (Å²) in [6, 6.07) is 3.91. The van der Waals surface area contributed by atoms with Gasteiger partial charge in [0.2, 0.25) is 0 Å². The molecule has 17 heavy (non-hydrogen) atoms. The Labute approximate surface area is 139 Å². The molecule has 1 atom stereocenters. The first-order valence-corrected chi connectivity index (χ1v) is 4.41. The molecule has 0 aliphatic rings. The second-order valence-corrected chi connectivity index (χ2v) is 3.20. The minimum absolute atomic E-state index is 0. The summed E-state index contributed by atoms with van der Waals surface area (Å²) in [5, 5.41) is 8.71. The number of aliphatic carboxylic acids is 1. The predicted octanol–water partition coefficient (Wildman–Crippen LogP) is -1.48. The molecule has 1 aromatic rings. The van der Waals surface area contributed by atoms with Gasteiger partial charge in [0, 0.05) is 7.11 Å². The van der Waals surface area contributed by atoms with Crippen LogP contribution in [0.3, 0.4) is 0 Å². The number of methoxy groups -OCH3 is 1. The molecule has 0 heterocycles. The van der Waals surface area contributed by atoms with Gasteiger partial charge in [-0.15, -0.1) is 5.46 Å². The predicted molar refractivity (Wildman–Crippen MR) is 52.5 cm³/mol. The molecule has 0 saturated carbocycles. The molecule has 1 unspecified atom stereocenters. The second-order valence-electron chi connectivity index (χ2n) is 3.20. The van der Waals surface area contributed by atoms with Crippen LogP contribution in [-0.4, -0.2) is 25.2 Å². The molecule has 0 spiro atoms. The van der Waals surface area contributed by atoms with Crippen LogP contribution in [0, 0.1) is 0 Å². The topological polar surface area (TPSA) is 46.5 Å². The average molecular weight is 272 g/mol. The van der Waals surface area contributed by atoms with E-state index in [9.17, 15) is 17.7 Å². The number of ether oxygens (including phenoxy) is 1. The average Bonchev–Trinajstić information content (AvgIpc) is 2.17. The van der Waals surface area contributed by atoms with Crippen LogP contribution in [0.4, 0.5) is 12.9 Å². The molecular weight excluding hydrogens is 263 g/mol. The van der Waals surface area contributed by atoms with E-state index in [1.165, 1.54) is 7.11 Å². The first kappa shape index (κ1) is 17.1. The SMILES string of the molecule is COC(C(=O)O)c1ccc([B-](F)(F)F)cc1.[K+]. The van der Waals surface area contributed by atoms with Crippen molar-refractivity contribution in [3.05, 3.63) is 29.8 Å². The summed E-state index contributed by atoms with van der Waals surface area (Å²) < 4.78 is 41.5. The van der Waals surface area contributed by atoms with E-state index < -0.39 is 24.5 Å². The summed E-state index contributed by atoms with van der Waals surface area (Å²) in [5.74, 6) is -1.24. The number of hydrogen-bond donors (Lipinski definition) is 1. The zero-order valence-corrected chi connectivity index (χ0v) is 12.5. The van der Waals surface area contributed by atoms with Gasteiger partial charge in [0.25, 0.3) is 0 Å². The van der Waals surface area contributed by atoms with Gasteiger partial charge in [0.05, 0.1) is 0 Å². The molecular formula is C9H9BF3KO3. The molecule has 88 valence electrons. The summed E-state index contributed by atoms with van der Waals surface area (Å²) in [7, 11) is 1.18. The standard InChI is InChI=1S/C9H9BF3O3.K/c1-16-8(9(14)15)6-2-4-7(5-3-6)10(11,12)13;/h2-5,8H,1H3,(H,14,15);/q-1;+1. The molecule has 3 nitrogen and oxygen atoms in total. The van der Waals surface area contributed by atoms with Gasteiger partial charge in [-0.1, -0.05) is 24.3 Å². The third-order valence-corrected chi connectivity index (χ3v) is 2.08. The number of carboxylic acid groups (broad SMARTS) is 1. The fraction of sp³-hybridized carbons (Fsp3) is 0.222. The number of hydrogen-bond acceptors (Lipinski definition) is 2. The van der Waals surface area contributed by atoms with Gasteiger partial charge in [0.1, 0.15) is 0 Å². The summed E-state index contributed by atoms with van der Waals surface area (Å²) in [5.41, 5.74) is -0.581. The maximum absolute atomic E-state index is 12.3. The van der Waals surface area contributed by atoms with Crippen LogP contribution in [0.2, 0.25) is 0 Å². The largest absolute Gasteiger partial charge is 1.00 e. The van der Waals surface area contributed by atoms with Crippen molar-refractivity contribution >= 4 is 18.4 Å². The normalized spacial score (nSPS) is 12.7. The fourth-order valence-electron chi connectivity index (χ4n) is 1.27. The molecule has 0 aliphatic carbocycles. The Bertz CT molecular complexity index is 380. The molecule has 0 aliphatic heterocycles. The van der Waals surface area contributed by atoms with Crippen molar-refractivity contribution in [2.24, 2.45) is 0 Å². The molecule has 0 amide bonds. The zero-order chi connectivity index (χ0) is 12.3. The van der Waals surface area contributed by atoms with Crippen molar-refractivity contribution < 1.29 is 79.0 Å². The Morgan fingerprint density at radius 2 is 1.76 bits per heavy atom. The third-order valence-electron chi connectivity index (χ3n) is 2.08. The van der Waals surface area contributed by atoms with Crippen LogP contribution in [0.1, 0.15) is 11.7 Å². The van der Waals surface area contributed by atoms with Crippen LogP contribution in [0.5, 0.6) is 0 Å². The molecule has 0 bridgehead atoms. The van der Waals surface area contributed by atoms with E-state index in [4.69, 9.17) is 5.11 Å². The quantitative estimate of drug-likeness (QED) is 0.680. The first-order chi connectivity index (χ1) is 7.36. The first-order valence-electron chi connectivity index (χ1n) is 4.41. The van der Waals surface area contributed by atoms with E-state index >= 15 is 0 Å². The summed E-state index contributed by atoms with van der Waals surface area (Å²) in [6.07, 6.45) is -1.24. The van der Waals surface area contributed by atoms with Gasteiger partial charge in [0.15, 0.2) is 6.10 Å². The van der Waals surface area contributed by atoms with E-state index in [2.05, 4.69) is 4.74 Å². The Balaban J connectivity index is 0.00000256. The van der Waals surface area contributed by atoms with Crippen LogP contribution in [0.15, 0.2) is 24.3 Å². The van der Waals surface area contributed by atoms with Gasteiger partial charge < -0.3 is 22.8 Å². The van der Waals surface area contributed by atoms with Crippen molar-refractivity contribution in [2.75, 3.05) is 7.11 Å². The molecule has 1 aromatic carbocycles. The molecule has 0 fully saturated rings. The molecule has 0 radical (unpaired) electrons. The number of halogens is 3. The second kappa shape index (κ2) is 6.91. The zero-order valence-electron chi connectivity index (χ0n) is 9.36. The molecule has 0 saturated heterocycles. The van der Waals surface area contributed by atoms with Crippen LogP contribution >= 0.6 is 0 Å². The molecule has 0 aromatic heterocycles.